The third-order valence-electron chi connectivity index (χ3n) is 8.21. The fraction of sp³-hybridized carbons (Fsp3) is 0.350. The maximum Gasteiger partial charge on any atom is 0.335 e. The number of hydrogen-bond donors (Lipinski definition) is 4. The first kappa shape index (κ1) is 40.7. The van der Waals surface area contributed by atoms with Gasteiger partial charge in [-0.05, 0) is 88.6 Å². The fourth-order valence-corrected chi connectivity index (χ4v) is 8.40. The quantitative estimate of drug-likeness (QED) is 0.128. The fourth-order valence-electron chi connectivity index (χ4n) is 6.21. The maximum atomic E-state index is 9.77. The predicted molar refractivity (Wildman–Crippen MR) is 211 cm³/mol. The second-order valence-corrected chi connectivity index (χ2v) is 15.8. The van der Waals surface area contributed by atoms with Crippen LogP contribution in [0.4, 0.5) is 22.7 Å². The number of aliphatic carboxylic acids is 2. The number of rotatable bonds is 11. The molecule has 0 unspecified atom stereocenters. The van der Waals surface area contributed by atoms with Gasteiger partial charge in [-0.2, -0.15) is 0 Å². The molecule has 4 aromatic carbocycles. The summed E-state index contributed by atoms with van der Waals surface area (Å²) in [5.41, 5.74) is 5.36. The van der Waals surface area contributed by atoms with E-state index in [9.17, 15) is 9.59 Å². The Morgan fingerprint density at radius 2 is 0.788 bits per heavy atom. The van der Waals surface area contributed by atoms with Gasteiger partial charge in [-0.3, -0.25) is 0 Å². The van der Waals surface area contributed by atoms with Crippen LogP contribution in [-0.4, -0.2) is 109 Å². The molecule has 2 aliphatic heterocycles. The van der Waals surface area contributed by atoms with E-state index in [4.69, 9.17) is 20.4 Å². The Kier molecular flexibility index (Phi) is 15.0. The number of fused-ring (bicyclic) bond motifs is 4. The highest BCUT2D eigenvalue weighted by Crippen LogP contribution is 2.49. The van der Waals surface area contributed by atoms with Crippen molar-refractivity contribution in [2.24, 2.45) is 11.8 Å². The molecule has 6 rings (SSSR count). The summed E-state index contributed by atoms with van der Waals surface area (Å²) in [4.78, 5) is 34.5. The lowest BCUT2D eigenvalue weighted by molar-refractivity contribution is -0.165. The normalized spacial score (nSPS) is 15.0. The second-order valence-electron chi connectivity index (χ2n) is 13.6. The lowest BCUT2D eigenvalue weighted by Crippen LogP contribution is -2.39. The standard InChI is InChI=1S/2C18H22N2S.C4H6O6/c2*1-14(12-19(2)3)13-20-15-8-4-6-10-17(15)21-18-11-7-5-9-16(18)20;5-1(3(7)8)2(6)4(9)10/h2*4-11,14H,12-13H2,1-3H3;1-2,5-6H,(H,7,8)(H,9,10)/t2*14-;1-,2+/m00./s1. The van der Waals surface area contributed by atoms with Gasteiger partial charge in [0, 0.05) is 45.8 Å². The third-order valence-corrected chi connectivity index (χ3v) is 10.5. The third kappa shape index (κ3) is 11.0. The molecule has 0 aromatic heterocycles. The number of aliphatic hydroxyl groups is 2. The average molecular weight is 747 g/mol. The number of carboxylic acids is 2. The van der Waals surface area contributed by atoms with E-state index in [-0.39, 0.29) is 0 Å². The lowest BCUT2D eigenvalue weighted by atomic mass is 10.1. The highest BCUT2D eigenvalue weighted by atomic mass is 32.2. The number of para-hydroxylation sites is 4. The van der Waals surface area contributed by atoms with Gasteiger partial charge >= 0.3 is 11.9 Å². The van der Waals surface area contributed by atoms with Gasteiger partial charge in [0.15, 0.2) is 12.2 Å². The summed E-state index contributed by atoms with van der Waals surface area (Å²) in [7, 11) is 8.57. The van der Waals surface area contributed by atoms with Crippen molar-refractivity contribution >= 4 is 58.2 Å². The van der Waals surface area contributed by atoms with Gasteiger partial charge in [-0.15, -0.1) is 0 Å². The van der Waals surface area contributed by atoms with E-state index in [2.05, 4.69) is 159 Å². The van der Waals surface area contributed by atoms with E-state index >= 15 is 0 Å². The van der Waals surface area contributed by atoms with Gasteiger partial charge in [-0.1, -0.05) is 85.9 Å². The van der Waals surface area contributed by atoms with Gasteiger partial charge in [0.1, 0.15) is 0 Å². The minimum atomic E-state index is -2.27. The van der Waals surface area contributed by atoms with Crippen LogP contribution in [0.5, 0.6) is 0 Å². The lowest BCUT2D eigenvalue weighted by Gasteiger charge is -2.35. The Morgan fingerprint density at radius 1 is 0.538 bits per heavy atom. The maximum absolute atomic E-state index is 9.77. The van der Waals surface area contributed by atoms with E-state index in [1.54, 1.807) is 0 Å². The first-order valence-electron chi connectivity index (χ1n) is 17.1. The molecule has 4 N–H and O–H groups in total. The van der Waals surface area contributed by atoms with Crippen LogP contribution in [0, 0.1) is 11.8 Å². The molecule has 4 aromatic rings. The molecule has 0 radical (unpaired) electrons. The monoisotopic (exact) mass is 746 g/mol. The zero-order valence-electron chi connectivity index (χ0n) is 30.6. The molecular formula is C40H50N4O6S2. The van der Waals surface area contributed by atoms with E-state index in [0.29, 0.717) is 11.8 Å². The number of carbonyl (C=O) groups is 2. The molecule has 2 aliphatic rings. The average Bonchev–Trinajstić information content (AvgIpc) is 3.10. The summed E-state index contributed by atoms with van der Waals surface area (Å²) < 4.78 is 0. The zero-order chi connectivity index (χ0) is 37.9. The number of hydrogen-bond acceptors (Lipinski definition) is 10. The largest absolute Gasteiger partial charge is 0.479 e. The van der Waals surface area contributed by atoms with Crippen LogP contribution in [0.15, 0.2) is 117 Å². The molecule has 0 saturated carbocycles. The van der Waals surface area contributed by atoms with Gasteiger partial charge in [0.2, 0.25) is 0 Å². The van der Waals surface area contributed by atoms with Crippen LogP contribution in [0.2, 0.25) is 0 Å². The van der Waals surface area contributed by atoms with E-state index < -0.39 is 24.1 Å². The van der Waals surface area contributed by atoms with Gasteiger partial charge in [0.05, 0.1) is 22.7 Å². The van der Waals surface area contributed by atoms with Crippen molar-refractivity contribution in [2.45, 2.75) is 45.6 Å². The topological polar surface area (TPSA) is 128 Å². The smallest absolute Gasteiger partial charge is 0.335 e. The van der Waals surface area contributed by atoms with Crippen molar-refractivity contribution in [1.82, 2.24) is 9.80 Å². The van der Waals surface area contributed by atoms with Crippen LogP contribution in [0.25, 0.3) is 0 Å². The summed E-state index contributed by atoms with van der Waals surface area (Å²) in [5, 5.41) is 32.5. The van der Waals surface area contributed by atoms with Crippen molar-refractivity contribution in [3.05, 3.63) is 97.1 Å². The molecule has 0 amide bonds. The van der Waals surface area contributed by atoms with Crippen molar-refractivity contribution < 1.29 is 30.0 Å². The number of benzene rings is 4. The Labute approximate surface area is 315 Å². The summed E-state index contributed by atoms with van der Waals surface area (Å²) in [5.74, 6) is -2.31. The Morgan fingerprint density at radius 3 is 1.02 bits per heavy atom. The Hall–Kier alpha value is -4.04. The van der Waals surface area contributed by atoms with E-state index in [1.807, 2.05) is 23.5 Å². The summed E-state index contributed by atoms with van der Waals surface area (Å²) >= 11 is 3.75. The minimum Gasteiger partial charge on any atom is -0.479 e. The molecule has 10 nitrogen and oxygen atoms in total. The van der Waals surface area contributed by atoms with Crippen molar-refractivity contribution in [1.29, 1.82) is 0 Å². The first-order chi connectivity index (χ1) is 24.8. The van der Waals surface area contributed by atoms with Crippen molar-refractivity contribution in [2.75, 3.05) is 64.2 Å². The predicted octanol–water partition coefficient (Wildman–Crippen LogP) is 6.85. The Balaban J connectivity index is 0.000000187. The molecule has 0 fully saturated rings. The Bertz CT molecular complexity index is 1570. The molecule has 2 heterocycles. The van der Waals surface area contributed by atoms with Gasteiger partial charge in [-0.25, -0.2) is 9.59 Å². The number of carboxylic acid groups (broad SMARTS) is 2. The van der Waals surface area contributed by atoms with Gasteiger partial charge in [0.25, 0.3) is 0 Å². The van der Waals surface area contributed by atoms with Crippen molar-refractivity contribution in [3.8, 4) is 0 Å². The molecule has 4 atom stereocenters. The van der Waals surface area contributed by atoms with Crippen LogP contribution >= 0.6 is 23.5 Å². The van der Waals surface area contributed by atoms with Crippen LogP contribution in [-0.2, 0) is 9.59 Å². The number of anilines is 4. The highest BCUT2D eigenvalue weighted by molar-refractivity contribution is 8.00. The summed E-state index contributed by atoms with van der Waals surface area (Å²) in [6, 6.07) is 34.9. The number of aliphatic hydroxyl groups excluding tert-OH is 2. The van der Waals surface area contributed by atoms with E-state index in [0.717, 1.165) is 26.2 Å². The summed E-state index contributed by atoms with van der Waals surface area (Å²) in [6.45, 7) is 8.96. The molecule has 12 heteroatoms. The van der Waals surface area contributed by atoms with Crippen LogP contribution in [0.1, 0.15) is 13.8 Å². The molecular weight excluding hydrogens is 697 g/mol. The molecule has 0 bridgehead atoms. The first-order valence-corrected chi connectivity index (χ1v) is 18.8. The minimum absolute atomic E-state index is 0.615. The number of nitrogens with zero attached hydrogens (tertiary/aromatic N) is 4. The molecule has 52 heavy (non-hydrogen) atoms. The van der Waals surface area contributed by atoms with Gasteiger partial charge < -0.3 is 40.0 Å². The summed E-state index contributed by atoms with van der Waals surface area (Å²) in [6.07, 6.45) is -4.53. The van der Waals surface area contributed by atoms with Crippen LogP contribution < -0.4 is 9.80 Å². The molecule has 0 aliphatic carbocycles. The van der Waals surface area contributed by atoms with Crippen molar-refractivity contribution in [3.63, 3.8) is 0 Å². The highest BCUT2D eigenvalue weighted by Gasteiger charge is 2.29. The van der Waals surface area contributed by atoms with E-state index in [1.165, 1.54) is 42.3 Å². The molecule has 0 spiro atoms. The second kappa shape index (κ2) is 19.2. The molecule has 278 valence electrons. The van der Waals surface area contributed by atoms with Crippen LogP contribution in [0.3, 0.4) is 0 Å². The molecule has 0 saturated heterocycles. The SMILES string of the molecule is C[C@@H](CN(C)C)CN1c2ccccc2Sc2ccccc21.C[C@@H](CN(C)C)CN1c2ccccc2Sc2ccccc21.O=C(O)[C@@H](O)[C@@H](O)C(=O)O. The zero-order valence-corrected chi connectivity index (χ0v) is 32.2.